The third-order valence-corrected chi connectivity index (χ3v) is 6.11. The number of hydrogen-bond donors (Lipinski definition) is 1. The molecular weight excluding hydrogens is 480 g/mol. The van der Waals surface area contributed by atoms with Crippen LogP contribution >= 0.6 is 15.9 Å². The second kappa shape index (κ2) is 7.90. The Morgan fingerprint density at radius 3 is 2.72 bits per heavy atom. The average Bonchev–Trinajstić information content (AvgIpc) is 3.47. The van der Waals surface area contributed by atoms with Gasteiger partial charge in [-0.25, -0.2) is 9.80 Å². The first kappa shape index (κ1) is 20.4. The summed E-state index contributed by atoms with van der Waals surface area (Å²) in [5.74, 6) is 0.647. The molecule has 0 amide bonds. The molecular formula is C23H19BrN2O6. The molecule has 0 saturated carbocycles. The van der Waals surface area contributed by atoms with Crippen molar-refractivity contribution in [1.29, 1.82) is 0 Å². The van der Waals surface area contributed by atoms with Crippen LogP contribution in [0.4, 0.5) is 0 Å². The first-order chi connectivity index (χ1) is 15.5. The molecule has 2 aromatic carbocycles. The predicted molar refractivity (Wildman–Crippen MR) is 118 cm³/mol. The minimum absolute atomic E-state index is 0.0298. The lowest BCUT2D eigenvalue weighted by Crippen LogP contribution is -2.34. The Morgan fingerprint density at radius 1 is 1.19 bits per heavy atom. The molecule has 164 valence electrons. The Kier molecular flexibility index (Phi) is 5.05. The van der Waals surface area contributed by atoms with Crippen LogP contribution in [-0.4, -0.2) is 36.0 Å². The Bertz CT molecular complexity index is 1220. The number of carboxylic acid groups (broad SMARTS) is 1. The van der Waals surface area contributed by atoms with E-state index in [1.807, 2.05) is 30.3 Å². The molecule has 2 aliphatic rings. The molecule has 5 rings (SSSR count). The number of nitrogens with zero attached hydrogens (tertiary/aromatic N) is 2. The zero-order chi connectivity index (χ0) is 22.4. The lowest BCUT2D eigenvalue weighted by molar-refractivity contribution is -0.0199. The number of rotatable bonds is 5. The van der Waals surface area contributed by atoms with E-state index < -0.39 is 12.2 Å². The van der Waals surface area contributed by atoms with Gasteiger partial charge in [0.05, 0.1) is 26.5 Å². The summed E-state index contributed by atoms with van der Waals surface area (Å²) in [6.07, 6.45) is 1.41. The van der Waals surface area contributed by atoms with Crippen LogP contribution in [0.15, 0.2) is 62.7 Å². The summed E-state index contributed by atoms with van der Waals surface area (Å²) in [6, 6.07) is 12.6. The fourth-order valence-corrected chi connectivity index (χ4v) is 4.60. The molecule has 9 heteroatoms. The highest BCUT2D eigenvalue weighted by atomic mass is 79.9. The molecule has 0 radical (unpaired) electrons. The molecule has 32 heavy (non-hydrogen) atoms. The van der Waals surface area contributed by atoms with Gasteiger partial charge in [-0.15, -0.1) is 0 Å². The number of aromatic carboxylic acids is 1. The van der Waals surface area contributed by atoms with E-state index in [9.17, 15) is 9.90 Å². The first-order valence-corrected chi connectivity index (χ1v) is 10.6. The maximum atomic E-state index is 12.3. The maximum Gasteiger partial charge on any atom is 0.340 e. The van der Waals surface area contributed by atoms with Crippen LogP contribution in [0.2, 0.25) is 0 Å². The summed E-state index contributed by atoms with van der Waals surface area (Å²) < 4.78 is 23.5. The molecule has 2 atom stereocenters. The zero-order valence-electron chi connectivity index (χ0n) is 17.2. The molecule has 0 aliphatic carbocycles. The Balaban J connectivity index is 1.69. The van der Waals surface area contributed by atoms with Gasteiger partial charge in [0, 0.05) is 22.0 Å². The van der Waals surface area contributed by atoms with Crippen LogP contribution in [0, 0.1) is 0 Å². The Hall–Kier alpha value is -3.46. The molecule has 2 aliphatic heterocycles. The highest BCUT2D eigenvalue weighted by Gasteiger charge is 2.43. The quantitative estimate of drug-likeness (QED) is 0.528. The Morgan fingerprint density at radius 2 is 2.03 bits per heavy atom. The number of hydrogen-bond acceptors (Lipinski definition) is 7. The smallest absolute Gasteiger partial charge is 0.340 e. The number of halogens is 1. The second-order valence-corrected chi connectivity index (χ2v) is 8.26. The fraction of sp³-hybridized carbons (Fsp3) is 0.217. The highest BCUT2D eigenvalue weighted by Crippen LogP contribution is 2.50. The van der Waals surface area contributed by atoms with Crippen molar-refractivity contribution in [2.45, 2.75) is 18.7 Å². The van der Waals surface area contributed by atoms with Gasteiger partial charge in [-0.3, -0.25) is 0 Å². The van der Waals surface area contributed by atoms with Crippen molar-refractivity contribution in [1.82, 2.24) is 5.01 Å². The number of carbonyl (C=O) groups is 1. The summed E-state index contributed by atoms with van der Waals surface area (Å²) in [7, 11) is 2.87. The topological polar surface area (TPSA) is 93.7 Å². The van der Waals surface area contributed by atoms with Gasteiger partial charge in [-0.1, -0.05) is 15.9 Å². The van der Waals surface area contributed by atoms with Crippen molar-refractivity contribution < 1.29 is 28.5 Å². The van der Waals surface area contributed by atoms with Gasteiger partial charge in [-0.05, 0) is 42.5 Å². The van der Waals surface area contributed by atoms with Crippen molar-refractivity contribution in [2.24, 2.45) is 5.10 Å². The van der Waals surface area contributed by atoms with Gasteiger partial charge in [0.15, 0.2) is 11.5 Å². The van der Waals surface area contributed by atoms with Gasteiger partial charge < -0.3 is 23.7 Å². The standard InChI is InChI=1S/C23H19BrN2O6/c1-29-19-8-6-13(20(23(27)28)21(19)30-2)22-26-16(11-15(25-26)18-4-3-9-31-18)14-10-12(24)5-7-17(14)32-22/h3-10,16,22H,11H2,1-2H3,(H,27,28). The summed E-state index contributed by atoms with van der Waals surface area (Å²) in [6.45, 7) is 0. The molecule has 1 N–H and O–H groups in total. The van der Waals surface area contributed by atoms with Crippen molar-refractivity contribution in [3.63, 3.8) is 0 Å². The van der Waals surface area contributed by atoms with Crippen LogP contribution in [0.25, 0.3) is 0 Å². The van der Waals surface area contributed by atoms with Crippen LogP contribution in [0.3, 0.4) is 0 Å². The highest BCUT2D eigenvalue weighted by molar-refractivity contribution is 9.10. The zero-order valence-corrected chi connectivity index (χ0v) is 18.8. The number of ether oxygens (including phenoxy) is 3. The molecule has 3 heterocycles. The van der Waals surface area contributed by atoms with Gasteiger partial charge in [-0.2, -0.15) is 5.10 Å². The van der Waals surface area contributed by atoms with E-state index >= 15 is 0 Å². The van der Waals surface area contributed by atoms with Crippen molar-refractivity contribution in [3.8, 4) is 17.2 Å². The molecule has 0 bridgehead atoms. The van der Waals surface area contributed by atoms with E-state index in [0.717, 1.165) is 15.7 Å². The largest absolute Gasteiger partial charge is 0.493 e. The minimum atomic E-state index is -1.15. The number of hydrazone groups is 1. The maximum absolute atomic E-state index is 12.3. The third-order valence-electron chi connectivity index (χ3n) is 5.62. The van der Waals surface area contributed by atoms with Gasteiger partial charge in [0.1, 0.15) is 22.8 Å². The first-order valence-electron chi connectivity index (χ1n) is 9.85. The summed E-state index contributed by atoms with van der Waals surface area (Å²) in [5, 5.41) is 16.6. The minimum Gasteiger partial charge on any atom is -0.493 e. The van der Waals surface area contributed by atoms with Crippen molar-refractivity contribution in [2.75, 3.05) is 14.2 Å². The fourth-order valence-electron chi connectivity index (χ4n) is 4.22. The normalized spacial score (nSPS) is 19.0. The lowest BCUT2D eigenvalue weighted by atomic mass is 9.96. The van der Waals surface area contributed by atoms with Crippen LogP contribution < -0.4 is 14.2 Å². The van der Waals surface area contributed by atoms with E-state index in [1.165, 1.54) is 14.2 Å². The predicted octanol–water partition coefficient (Wildman–Crippen LogP) is 5.00. The van der Waals surface area contributed by atoms with Crippen LogP contribution in [0.1, 0.15) is 45.9 Å². The molecule has 0 spiro atoms. The molecule has 0 saturated heterocycles. The van der Waals surface area contributed by atoms with E-state index in [1.54, 1.807) is 23.4 Å². The number of benzene rings is 2. The van der Waals surface area contributed by atoms with Crippen LogP contribution in [0.5, 0.6) is 17.2 Å². The summed E-state index contributed by atoms with van der Waals surface area (Å²) in [5.41, 5.74) is 2.10. The summed E-state index contributed by atoms with van der Waals surface area (Å²) >= 11 is 3.53. The molecule has 1 aromatic heterocycles. The molecule has 2 unspecified atom stereocenters. The van der Waals surface area contributed by atoms with Gasteiger partial charge in [0.25, 0.3) is 0 Å². The number of fused-ring (bicyclic) bond motifs is 3. The number of carboxylic acids is 1. The lowest BCUT2D eigenvalue weighted by Gasteiger charge is -2.38. The average molecular weight is 499 g/mol. The van der Waals surface area contributed by atoms with E-state index in [2.05, 4.69) is 15.9 Å². The second-order valence-electron chi connectivity index (χ2n) is 7.35. The third kappa shape index (κ3) is 3.20. The van der Waals surface area contributed by atoms with E-state index in [0.29, 0.717) is 29.2 Å². The number of methoxy groups -OCH3 is 2. The monoisotopic (exact) mass is 498 g/mol. The molecule has 0 fully saturated rings. The van der Waals surface area contributed by atoms with Crippen LogP contribution in [-0.2, 0) is 0 Å². The van der Waals surface area contributed by atoms with Crippen molar-refractivity contribution >= 4 is 27.6 Å². The Labute approximate surface area is 192 Å². The van der Waals surface area contributed by atoms with E-state index in [4.69, 9.17) is 23.7 Å². The van der Waals surface area contributed by atoms with Crippen molar-refractivity contribution in [3.05, 3.63) is 75.7 Å². The summed E-state index contributed by atoms with van der Waals surface area (Å²) in [4.78, 5) is 12.3. The molecule has 8 nitrogen and oxygen atoms in total. The van der Waals surface area contributed by atoms with Gasteiger partial charge in [0.2, 0.25) is 6.23 Å². The van der Waals surface area contributed by atoms with E-state index in [-0.39, 0.29) is 17.4 Å². The molecule has 3 aromatic rings. The number of furan rings is 1. The van der Waals surface area contributed by atoms with Gasteiger partial charge >= 0.3 is 5.97 Å². The SMILES string of the molecule is COc1ccc(C2Oc3ccc(Br)cc3C3CC(c4ccco4)=NN32)c(C(=O)O)c1OC.